The average molecular weight is 694 g/mol. The highest BCUT2D eigenvalue weighted by atomic mass is 16.7. The van der Waals surface area contributed by atoms with Gasteiger partial charge in [0.15, 0.2) is 0 Å². The topological polar surface area (TPSA) is 83.5 Å². The second-order valence-electron chi connectivity index (χ2n) is 13.7. The molecule has 8 nitrogen and oxygen atoms in total. The summed E-state index contributed by atoms with van der Waals surface area (Å²) in [4.78, 5) is 25.9. The predicted molar refractivity (Wildman–Crippen MR) is 201 cm³/mol. The third-order valence-corrected chi connectivity index (χ3v) is 9.21. The van der Waals surface area contributed by atoms with Crippen molar-refractivity contribution in [2.45, 2.75) is 187 Å². The third kappa shape index (κ3) is 31.6. The highest BCUT2D eigenvalue weighted by molar-refractivity contribution is 5.60. The molecule has 1 saturated heterocycles. The van der Waals surface area contributed by atoms with Gasteiger partial charge in [0.2, 0.25) is 0 Å². The number of hydrogen-bond donors (Lipinski definition) is 0. The van der Waals surface area contributed by atoms with E-state index in [1.54, 1.807) is 0 Å². The fourth-order valence-corrected chi connectivity index (χ4v) is 6.13. The Morgan fingerprint density at radius 3 is 1.45 bits per heavy atom. The summed E-state index contributed by atoms with van der Waals surface area (Å²) in [6, 6.07) is 0. The summed E-state index contributed by atoms with van der Waals surface area (Å²) in [5.41, 5.74) is 0. The van der Waals surface area contributed by atoms with Crippen molar-refractivity contribution in [1.82, 2.24) is 4.90 Å². The summed E-state index contributed by atoms with van der Waals surface area (Å²) in [6.07, 6.45) is 35.9. The van der Waals surface area contributed by atoms with Crippen LogP contribution in [0.4, 0.5) is 9.59 Å². The van der Waals surface area contributed by atoms with E-state index in [2.05, 4.69) is 18.7 Å². The van der Waals surface area contributed by atoms with E-state index in [1.165, 1.54) is 128 Å². The van der Waals surface area contributed by atoms with E-state index >= 15 is 0 Å². The van der Waals surface area contributed by atoms with Crippen LogP contribution in [0, 0.1) is 0 Å². The molecule has 0 aromatic rings. The molecule has 0 bridgehead atoms. The molecular weight excluding hydrogens is 618 g/mol. The van der Waals surface area contributed by atoms with E-state index in [9.17, 15) is 9.59 Å². The first kappa shape index (κ1) is 45.0. The summed E-state index contributed by atoms with van der Waals surface area (Å²) in [6.45, 7) is 9.60. The first-order valence-corrected chi connectivity index (χ1v) is 20.5. The quantitative estimate of drug-likeness (QED) is 0.0374. The van der Waals surface area contributed by atoms with Crippen molar-refractivity contribution in [3.05, 3.63) is 24.7 Å². The Labute approximate surface area is 301 Å². The maximum Gasteiger partial charge on any atom is 0.513 e. The van der Waals surface area contributed by atoms with E-state index in [4.69, 9.17) is 23.7 Å². The van der Waals surface area contributed by atoms with E-state index < -0.39 is 12.3 Å². The van der Waals surface area contributed by atoms with Crippen LogP contribution in [0.15, 0.2) is 24.7 Å². The maximum atomic E-state index is 11.7. The Hall–Kier alpha value is -2.06. The molecule has 0 aliphatic carbocycles. The largest absolute Gasteiger partial charge is 0.513 e. The molecule has 0 saturated carbocycles. The monoisotopic (exact) mass is 694 g/mol. The zero-order valence-electron chi connectivity index (χ0n) is 31.8. The van der Waals surface area contributed by atoms with Gasteiger partial charge in [0.25, 0.3) is 0 Å². The molecule has 0 amide bonds. The van der Waals surface area contributed by atoms with Crippen LogP contribution in [0.25, 0.3) is 0 Å². The lowest BCUT2D eigenvalue weighted by atomic mass is 10.0. The third-order valence-electron chi connectivity index (χ3n) is 9.21. The highest BCUT2D eigenvalue weighted by Gasteiger charge is 2.13. The summed E-state index contributed by atoms with van der Waals surface area (Å²) in [5.74, 6) is 0. The molecule has 1 rings (SSSR count). The standard InChI is InChI=1S/C41H75NO7/c1-3-5-7-9-17-25-34-46-40(43)48-36-27-19-13-11-15-21-29-39(45-38-33-42-31-23-24-32-42)30-22-16-12-14-20-28-37-49-41(44)47-35-26-18-10-8-6-4-2/h25-26,34-35,39H,3-24,27-33,36-38H2,1-2H3/b34-25+,35-26?. The molecule has 0 aromatic carbocycles. The minimum atomic E-state index is -0.596. The van der Waals surface area contributed by atoms with Crippen LogP contribution in [-0.2, 0) is 23.7 Å². The predicted octanol–water partition coefficient (Wildman–Crippen LogP) is 12.2. The second-order valence-corrected chi connectivity index (χ2v) is 13.7. The van der Waals surface area contributed by atoms with Gasteiger partial charge in [-0.25, -0.2) is 9.59 Å². The minimum Gasteiger partial charge on any atom is -0.434 e. The van der Waals surface area contributed by atoms with Crippen molar-refractivity contribution in [3.8, 4) is 0 Å². The molecule has 1 aliphatic heterocycles. The van der Waals surface area contributed by atoms with Gasteiger partial charge in [-0.05, 0) is 89.4 Å². The molecule has 1 fully saturated rings. The zero-order valence-corrected chi connectivity index (χ0v) is 31.8. The fraction of sp³-hybridized carbons (Fsp3) is 0.854. The van der Waals surface area contributed by atoms with Gasteiger partial charge in [0, 0.05) is 6.54 Å². The molecule has 1 unspecified atom stereocenters. The van der Waals surface area contributed by atoms with Gasteiger partial charge in [-0.2, -0.15) is 0 Å². The van der Waals surface area contributed by atoms with Gasteiger partial charge >= 0.3 is 12.3 Å². The first-order chi connectivity index (χ1) is 24.2. The Balaban J connectivity index is 2.06. The van der Waals surface area contributed by atoms with Crippen LogP contribution in [0.1, 0.15) is 181 Å². The van der Waals surface area contributed by atoms with E-state index in [1.807, 2.05) is 12.2 Å². The van der Waals surface area contributed by atoms with E-state index in [-0.39, 0.29) is 0 Å². The maximum absolute atomic E-state index is 11.7. The number of allylic oxidation sites excluding steroid dienone is 2. The number of hydrogen-bond acceptors (Lipinski definition) is 8. The summed E-state index contributed by atoms with van der Waals surface area (Å²) < 4.78 is 26.8. The molecule has 1 aliphatic rings. The summed E-state index contributed by atoms with van der Waals surface area (Å²) >= 11 is 0. The zero-order chi connectivity index (χ0) is 35.3. The smallest absolute Gasteiger partial charge is 0.434 e. The summed E-state index contributed by atoms with van der Waals surface area (Å²) in [7, 11) is 0. The van der Waals surface area contributed by atoms with Crippen molar-refractivity contribution in [2.24, 2.45) is 0 Å². The van der Waals surface area contributed by atoms with Gasteiger partial charge in [0.05, 0.1) is 38.4 Å². The van der Waals surface area contributed by atoms with Gasteiger partial charge in [0.1, 0.15) is 0 Å². The lowest BCUT2D eigenvalue weighted by Gasteiger charge is -2.21. The van der Waals surface area contributed by atoms with Crippen molar-refractivity contribution < 1.29 is 33.3 Å². The van der Waals surface area contributed by atoms with Crippen LogP contribution in [-0.4, -0.2) is 62.8 Å². The normalized spacial score (nSPS) is 14.2. The molecule has 286 valence electrons. The molecule has 0 aromatic heterocycles. The van der Waals surface area contributed by atoms with E-state index in [0.717, 1.165) is 77.4 Å². The minimum absolute atomic E-state index is 0.359. The van der Waals surface area contributed by atoms with E-state index in [0.29, 0.717) is 19.3 Å². The molecule has 0 radical (unpaired) electrons. The molecule has 0 N–H and O–H groups in total. The van der Waals surface area contributed by atoms with Crippen LogP contribution in [0.2, 0.25) is 0 Å². The number of ether oxygens (including phenoxy) is 5. The number of carbonyl (C=O) groups is 2. The fourth-order valence-electron chi connectivity index (χ4n) is 6.13. The van der Waals surface area contributed by atoms with Crippen molar-refractivity contribution >= 4 is 12.3 Å². The number of nitrogens with zero attached hydrogens (tertiary/aromatic N) is 1. The van der Waals surface area contributed by atoms with Crippen LogP contribution in [0.5, 0.6) is 0 Å². The van der Waals surface area contributed by atoms with Crippen LogP contribution >= 0.6 is 0 Å². The number of rotatable bonds is 34. The number of likely N-dealkylation sites (tertiary alicyclic amines) is 1. The van der Waals surface area contributed by atoms with Gasteiger partial charge in [-0.1, -0.05) is 117 Å². The summed E-state index contributed by atoms with van der Waals surface area (Å²) in [5, 5.41) is 0. The Morgan fingerprint density at radius 2 is 0.980 bits per heavy atom. The molecular formula is C41H75NO7. The number of carbonyl (C=O) groups excluding carboxylic acids is 2. The Kier molecular flexibility index (Phi) is 32.8. The van der Waals surface area contributed by atoms with Crippen molar-refractivity contribution in [2.75, 3.05) is 39.5 Å². The lowest BCUT2D eigenvalue weighted by molar-refractivity contribution is 0.0274. The van der Waals surface area contributed by atoms with Gasteiger partial charge < -0.3 is 28.6 Å². The molecule has 49 heavy (non-hydrogen) atoms. The van der Waals surface area contributed by atoms with Gasteiger partial charge in [-0.3, -0.25) is 0 Å². The Morgan fingerprint density at radius 1 is 0.551 bits per heavy atom. The number of unbranched alkanes of at least 4 members (excludes halogenated alkanes) is 18. The van der Waals surface area contributed by atoms with Crippen LogP contribution in [0.3, 0.4) is 0 Å². The molecule has 0 spiro atoms. The first-order valence-electron chi connectivity index (χ1n) is 20.5. The van der Waals surface area contributed by atoms with Crippen molar-refractivity contribution in [1.29, 1.82) is 0 Å². The molecule has 1 atom stereocenters. The highest BCUT2D eigenvalue weighted by Crippen LogP contribution is 2.18. The van der Waals surface area contributed by atoms with Crippen molar-refractivity contribution in [3.63, 3.8) is 0 Å². The Bertz CT molecular complexity index is 743. The SMILES string of the molecule is CCCCCCC=COC(=O)OCCCCCCCCC(CCCCCCCCOC(=O)O/C=C/CCCCCC)OCCN1CCCC1. The average Bonchev–Trinajstić information content (AvgIpc) is 3.62. The molecule has 8 heteroatoms. The lowest BCUT2D eigenvalue weighted by Crippen LogP contribution is -2.26. The molecule has 1 heterocycles. The van der Waals surface area contributed by atoms with Gasteiger partial charge in [-0.15, -0.1) is 0 Å². The second kappa shape index (κ2) is 35.8. The van der Waals surface area contributed by atoms with Crippen LogP contribution < -0.4 is 0 Å².